The third-order valence-electron chi connectivity index (χ3n) is 6.58. The number of carbonyl (C=O) groups excluding carboxylic acids is 2. The summed E-state index contributed by atoms with van der Waals surface area (Å²) in [6, 6.07) is 18.3. The highest BCUT2D eigenvalue weighted by Gasteiger charge is 2.46. The molecule has 1 aliphatic heterocycles. The van der Waals surface area contributed by atoms with E-state index in [0.29, 0.717) is 32.8 Å². The maximum Gasteiger partial charge on any atom is 0.296 e. The van der Waals surface area contributed by atoms with Gasteiger partial charge in [-0.25, -0.2) is 4.98 Å². The Hall–Kier alpha value is -4.56. The summed E-state index contributed by atoms with van der Waals surface area (Å²) in [6.45, 7) is 5.80. The maximum atomic E-state index is 13.9. The molecular formula is C30H24ClN3O5. The van der Waals surface area contributed by atoms with Crippen molar-refractivity contribution in [1.82, 2.24) is 9.97 Å². The second kappa shape index (κ2) is 9.32. The van der Waals surface area contributed by atoms with Gasteiger partial charge in [-0.2, -0.15) is 0 Å². The van der Waals surface area contributed by atoms with Crippen molar-refractivity contribution in [3.63, 3.8) is 0 Å². The van der Waals surface area contributed by atoms with Crippen molar-refractivity contribution >= 4 is 51.2 Å². The fourth-order valence-corrected chi connectivity index (χ4v) is 5.04. The van der Waals surface area contributed by atoms with Crippen molar-refractivity contribution < 1.29 is 23.8 Å². The molecule has 1 atom stereocenters. The summed E-state index contributed by atoms with van der Waals surface area (Å²) in [4.78, 5) is 36.5. The standard InChI is InChI=1S/C30H24ClN3O5/c1-15(2)38-20-8-5-17(6-9-20)26-25(27(35)24-14-18-13-19(31)7-11-23(18)39-24)28(36)29(37)34(26)30-32-21-10-4-16(3)12-22(21)33-30/h4-15,26,36H,1-3H3,(H,32,33). The third kappa shape index (κ3) is 4.32. The van der Waals surface area contributed by atoms with Crippen molar-refractivity contribution in [2.24, 2.45) is 0 Å². The Morgan fingerprint density at radius 3 is 2.62 bits per heavy atom. The minimum absolute atomic E-state index is 0.0199. The first-order chi connectivity index (χ1) is 18.7. The minimum atomic E-state index is -0.975. The molecule has 1 amide bonds. The van der Waals surface area contributed by atoms with Crippen molar-refractivity contribution in [2.45, 2.75) is 32.9 Å². The van der Waals surface area contributed by atoms with Gasteiger partial charge in [-0.15, -0.1) is 0 Å². The number of halogens is 1. The van der Waals surface area contributed by atoms with Crippen LogP contribution in [0.1, 0.15) is 41.6 Å². The van der Waals surface area contributed by atoms with E-state index in [9.17, 15) is 14.7 Å². The molecule has 3 heterocycles. The summed E-state index contributed by atoms with van der Waals surface area (Å²) in [5, 5.41) is 12.2. The number of aryl methyl sites for hydroxylation is 1. The van der Waals surface area contributed by atoms with Crippen LogP contribution >= 0.6 is 11.6 Å². The van der Waals surface area contributed by atoms with E-state index in [0.717, 1.165) is 11.1 Å². The molecule has 0 bridgehead atoms. The number of H-pyrrole nitrogens is 1. The predicted octanol–water partition coefficient (Wildman–Crippen LogP) is 6.84. The van der Waals surface area contributed by atoms with Crippen LogP contribution in [0.15, 0.2) is 82.5 Å². The summed E-state index contributed by atoms with van der Waals surface area (Å²) in [5.41, 5.74) is 3.33. The quantitative estimate of drug-likeness (QED) is 0.228. The van der Waals surface area contributed by atoms with Gasteiger partial charge in [-0.3, -0.25) is 14.5 Å². The fraction of sp³-hybridized carbons (Fsp3) is 0.167. The predicted molar refractivity (Wildman–Crippen MR) is 148 cm³/mol. The number of amides is 1. The van der Waals surface area contributed by atoms with Gasteiger partial charge in [0.25, 0.3) is 5.91 Å². The van der Waals surface area contributed by atoms with Crippen LogP contribution in [0.3, 0.4) is 0 Å². The molecule has 0 saturated carbocycles. The van der Waals surface area contributed by atoms with E-state index in [2.05, 4.69) is 9.97 Å². The summed E-state index contributed by atoms with van der Waals surface area (Å²) in [6.07, 6.45) is -0.0259. The van der Waals surface area contributed by atoms with Gasteiger partial charge in [0.1, 0.15) is 11.3 Å². The summed E-state index contributed by atoms with van der Waals surface area (Å²) < 4.78 is 11.6. The number of carbonyl (C=O) groups is 2. The molecule has 2 aromatic heterocycles. The highest BCUT2D eigenvalue weighted by Crippen LogP contribution is 2.42. The molecule has 8 nitrogen and oxygen atoms in total. The van der Waals surface area contributed by atoms with Gasteiger partial charge in [0, 0.05) is 10.4 Å². The number of aromatic amines is 1. The van der Waals surface area contributed by atoms with Crippen molar-refractivity contribution in [3.05, 3.63) is 100.0 Å². The van der Waals surface area contributed by atoms with Crippen LogP contribution in [0.5, 0.6) is 5.75 Å². The molecule has 1 unspecified atom stereocenters. The van der Waals surface area contributed by atoms with Crippen molar-refractivity contribution in [1.29, 1.82) is 0 Å². The zero-order chi connectivity index (χ0) is 27.4. The number of aliphatic hydroxyl groups excluding tert-OH is 1. The first kappa shape index (κ1) is 24.8. The molecule has 0 fully saturated rings. The number of aromatic nitrogens is 2. The average Bonchev–Trinajstić information content (AvgIpc) is 3.57. The SMILES string of the molecule is Cc1ccc2nc(N3C(=O)C(O)=C(C(=O)c4cc5cc(Cl)ccc5o4)C3c3ccc(OC(C)C)cc3)[nH]c2c1. The smallest absolute Gasteiger partial charge is 0.296 e. The molecule has 0 radical (unpaired) electrons. The lowest BCUT2D eigenvalue weighted by Crippen LogP contribution is -2.32. The molecule has 3 aromatic carbocycles. The molecule has 39 heavy (non-hydrogen) atoms. The van der Waals surface area contributed by atoms with E-state index in [4.69, 9.17) is 20.8 Å². The molecule has 1 aliphatic rings. The van der Waals surface area contributed by atoms with Crippen molar-refractivity contribution in [3.8, 4) is 5.75 Å². The molecule has 2 N–H and O–H groups in total. The number of anilines is 1. The van der Waals surface area contributed by atoms with Crippen LogP contribution in [-0.4, -0.2) is 32.9 Å². The number of rotatable bonds is 6. The lowest BCUT2D eigenvalue weighted by molar-refractivity contribution is -0.117. The highest BCUT2D eigenvalue weighted by molar-refractivity contribution is 6.31. The van der Waals surface area contributed by atoms with Gasteiger partial charge in [-0.05, 0) is 80.4 Å². The van der Waals surface area contributed by atoms with Gasteiger partial charge in [0.05, 0.1) is 28.8 Å². The second-order valence-electron chi connectivity index (χ2n) is 9.78. The van der Waals surface area contributed by atoms with Gasteiger partial charge >= 0.3 is 0 Å². The molecule has 0 aliphatic carbocycles. The van der Waals surface area contributed by atoms with Crippen LogP contribution < -0.4 is 9.64 Å². The summed E-state index contributed by atoms with van der Waals surface area (Å²) in [5.74, 6) is -1.20. The Kier molecular flexibility index (Phi) is 5.92. The number of fused-ring (bicyclic) bond motifs is 2. The second-order valence-corrected chi connectivity index (χ2v) is 10.2. The number of hydrogen-bond donors (Lipinski definition) is 2. The Bertz CT molecular complexity index is 1800. The minimum Gasteiger partial charge on any atom is -0.503 e. The van der Waals surface area contributed by atoms with Gasteiger partial charge in [-0.1, -0.05) is 29.8 Å². The first-order valence-corrected chi connectivity index (χ1v) is 12.8. The number of imidazole rings is 1. The number of nitrogens with one attached hydrogen (secondary N) is 1. The van der Waals surface area contributed by atoms with E-state index in [1.807, 2.05) is 39.0 Å². The van der Waals surface area contributed by atoms with E-state index in [1.54, 1.807) is 48.5 Å². The lowest BCUT2D eigenvalue weighted by Gasteiger charge is -2.24. The number of benzene rings is 3. The number of ether oxygens (including phenoxy) is 1. The van der Waals surface area contributed by atoms with Crippen LogP contribution in [0, 0.1) is 6.92 Å². The Labute approximate surface area is 228 Å². The van der Waals surface area contributed by atoms with Crippen LogP contribution in [0.4, 0.5) is 5.95 Å². The Morgan fingerprint density at radius 2 is 1.87 bits per heavy atom. The number of nitrogens with zero attached hydrogens (tertiary/aromatic N) is 2. The number of furan rings is 1. The maximum absolute atomic E-state index is 13.9. The first-order valence-electron chi connectivity index (χ1n) is 12.4. The Morgan fingerprint density at radius 1 is 1.10 bits per heavy atom. The number of Topliss-reactive ketones (excluding diaryl/α,β-unsaturated/α-hetero) is 1. The monoisotopic (exact) mass is 541 g/mol. The van der Waals surface area contributed by atoms with E-state index >= 15 is 0 Å². The summed E-state index contributed by atoms with van der Waals surface area (Å²) >= 11 is 6.11. The van der Waals surface area contributed by atoms with Crippen molar-refractivity contribution in [2.75, 3.05) is 4.90 Å². The topological polar surface area (TPSA) is 109 Å². The van der Waals surface area contributed by atoms with E-state index in [-0.39, 0.29) is 23.4 Å². The third-order valence-corrected chi connectivity index (χ3v) is 6.81. The molecular weight excluding hydrogens is 518 g/mol. The molecule has 0 spiro atoms. The zero-order valence-electron chi connectivity index (χ0n) is 21.4. The molecule has 5 aromatic rings. The molecule has 9 heteroatoms. The van der Waals surface area contributed by atoms with Gasteiger partial charge in [0.15, 0.2) is 11.5 Å². The average molecular weight is 542 g/mol. The number of hydrogen-bond acceptors (Lipinski definition) is 6. The largest absolute Gasteiger partial charge is 0.503 e. The normalized spacial score (nSPS) is 15.8. The number of ketones is 1. The lowest BCUT2D eigenvalue weighted by atomic mass is 9.95. The van der Waals surface area contributed by atoms with Crippen LogP contribution in [-0.2, 0) is 4.79 Å². The van der Waals surface area contributed by atoms with E-state index in [1.165, 1.54) is 4.90 Å². The molecule has 0 saturated heterocycles. The Balaban J connectivity index is 1.48. The molecule has 6 rings (SSSR count). The van der Waals surface area contributed by atoms with Crippen LogP contribution in [0.25, 0.3) is 22.0 Å². The van der Waals surface area contributed by atoms with Gasteiger partial charge in [0.2, 0.25) is 11.7 Å². The summed E-state index contributed by atoms with van der Waals surface area (Å²) in [7, 11) is 0. The highest BCUT2D eigenvalue weighted by atomic mass is 35.5. The zero-order valence-corrected chi connectivity index (χ0v) is 22.1. The van der Waals surface area contributed by atoms with Crippen LogP contribution in [0.2, 0.25) is 5.02 Å². The molecule has 196 valence electrons. The number of aliphatic hydroxyl groups is 1. The van der Waals surface area contributed by atoms with E-state index < -0.39 is 23.5 Å². The fourth-order valence-electron chi connectivity index (χ4n) is 4.85. The van der Waals surface area contributed by atoms with Gasteiger partial charge < -0.3 is 19.2 Å².